The lowest BCUT2D eigenvalue weighted by atomic mass is 9.97. The average molecular weight is 459 g/mol. The van der Waals surface area contributed by atoms with Crippen LogP contribution in [0.3, 0.4) is 0 Å². The zero-order chi connectivity index (χ0) is 23.7. The zero-order valence-corrected chi connectivity index (χ0v) is 18.9. The molecule has 1 saturated heterocycles. The molecule has 0 saturated carbocycles. The van der Waals surface area contributed by atoms with E-state index in [4.69, 9.17) is 10.7 Å². The summed E-state index contributed by atoms with van der Waals surface area (Å²) in [6, 6.07) is 7.19. The Kier molecular flexibility index (Phi) is 5.70. The van der Waals surface area contributed by atoms with Crippen LogP contribution in [0.1, 0.15) is 48.3 Å². The number of hydrogen-bond donors (Lipinski definition) is 3. The Morgan fingerprint density at radius 1 is 1.21 bits per heavy atom. The number of aromatic amines is 1. The van der Waals surface area contributed by atoms with E-state index in [1.165, 1.54) is 0 Å². The molecule has 1 aliphatic heterocycles. The van der Waals surface area contributed by atoms with Crippen molar-refractivity contribution in [2.24, 2.45) is 0 Å². The Morgan fingerprint density at radius 2 is 2.03 bits per heavy atom. The van der Waals surface area contributed by atoms with Crippen LogP contribution in [0, 0.1) is 0 Å². The van der Waals surface area contributed by atoms with Crippen LogP contribution in [0.15, 0.2) is 49.1 Å². The number of fused-ring (bicyclic) bond motifs is 1. The molecule has 0 aliphatic carbocycles. The monoisotopic (exact) mass is 458 g/mol. The minimum Gasteiger partial charge on any atom is -0.382 e. The van der Waals surface area contributed by atoms with Crippen molar-refractivity contribution >= 4 is 29.1 Å². The molecule has 4 N–H and O–H groups in total. The molecular weight excluding hydrogens is 432 g/mol. The van der Waals surface area contributed by atoms with E-state index in [-0.39, 0.29) is 17.7 Å². The molecule has 10 nitrogen and oxygen atoms in total. The van der Waals surface area contributed by atoms with Crippen molar-refractivity contribution < 1.29 is 9.59 Å². The maximum absolute atomic E-state index is 12.5. The summed E-state index contributed by atoms with van der Waals surface area (Å²) in [6.07, 6.45) is 9.11. The first-order valence-corrected chi connectivity index (χ1v) is 11.4. The van der Waals surface area contributed by atoms with E-state index in [2.05, 4.69) is 20.3 Å². The van der Waals surface area contributed by atoms with E-state index < -0.39 is 0 Å². The smallest absolute Gasteiger partial charge is 0.257 e. The normalized spacial score (nSPS) is 16.0. The van der Waals surface area contributed by atoms with Crippen LogP contribution in [0.2, 0.25) is 0 Å². The van der Waals surface area contributed by atoms with Crippen molar-refractivity contribution in [1.29, 1.82) is 0 Å². The molecule has 0 radical (unpaired) electrons. The van der Waals surface area contributed by atoms with E-state index in [9.17, 15) is 9.59 Å². The minimum atomic E-state index is -0.263. The molecule has 4 aromatic rings. The van der Waals surface area contributed by atoms with Gasteiger partial charge in [-0.3, -0.25) is 19.3 Å². The Bertz CT molecular complexity index is 1330. The lowest BCUT2D eigenvalue weighted by Crippen LogP contribution is -2.39. The summed E-state index contributed by atoms with van der Waals surface area (Å²) >= 11 is 0. The SMILES string of the molecule is CCC(=O)N1CCC[C@@H](c2nc(-c3ccc(C(=O)Nc4ncc[nH]4)cc3)c3c(N)nccn23)C1. The molecule has 2 amide bonds. The Labute approximate surface area is 196 Å². The molecule has 34 heavy (non-hydrogen) atoms. The van der Waals surface area contributed by atoms with Gasteiger partial charge in [0.05, 0.1) is 0 Å². The lowest BCUT2D eigenvalue weighted by Gasteiger charge is -2.32. The first-order valence-electron chi connectivity index (χ1n) is 11.4. The number of amides is 2. The summed E-state index contributed by atoms with van der Waals surface area (Å²) in [5.74, 6) is 1.64. The summed E-state index contributed by atoms with van der Waals surface area (Å²) in [7, 11) is 0. The summed E-state index contributed by atoms with van der Waals surface area (Å²) < 4.78 is 1.99. The fourth-order valence-corrected chi connectivity index (χ4v) is 4.51. The molecule has 1 aliphatic rings. The number of nitrogen functional groups attached to an aromatic ring is 1. The second kappa shape index (κ2) is 8.97. The summed E-state index contributed by atoms with van der Waals surface area (Å²) in [6.45, 7) is 3.31. The highest BCUT2D eigenvalue weighted by Gasteiger charge is 2.28. The first-order chi connectivity index (χ1) is 16.5. The largest absolute Gasteiger partial charge is 0.382 e. The van der Waals surface area contributed by atoms with Gasteiger partial charge in [0.1, 0.15) is 22.9 Å². The highest BCUT2D eigenvalue weighted by atomic mass is 16.2. The van der Waals surface area contributed by atoms with Crippen LogP contribution in [0.5, 0.6) is 0 Å². The fraction of sp³-hybridized carbons (Fsp3) is 0.292. The lowest BCUT2D eigenvalue weighted by molar-refractivity contribution is -0.132. The van der Waals surface area contributed by atoms with Gasteiger partial charge >= 0.3 is 0 Å². The topological polar surface area (TPSA) is 134 Å². The van der Waals surface area contributed by atoms with Crippen molar-refractivity contribution in [3.8, 4) is 11.3 Å². The van der Waals surface area contributed by atoms with Crippen molar-refractivity contribution in [2.45, 2.75) is 32.1 Å². The van der Waals surface area contributed by atoms with Gasteiger partial charge in [0, 0.05) is 61.3 Å². The molecule has 1 fully saturated rings. The van der Waals surface area contributed by atoms with Gasteiger partial charge in [0.2, 0.25) is 11.9 Å². The number of anilines is 2. The number of nitrogens with one attached hydrogen (secondary N) is 2. The zero-order valence-electron chi connectivity index (χ0n) is 18.9. The van der Waals surface area contributed by atoms with Crippen LogP contribution in [-0.4, -0.2) is 54.1 Å². The van der Waals surface area contributed by atoms with Gasteiger partial charge in [-0.15, -0.1) is 0 Å². The number of carbonyl (C=O) groups is 2. The number of nitrogens with zero attached hydrogens (tertiary/aromatic N) is 5. The highest BCUT2D eigenvalue weighted by molar-refractivity contribution is 6.03. The number of hydrogen-bond acceptors (Lipinski definition) is 6. The molecule has 1 atom stereocenters. The van der Waals surface area contributed by atoms with Crippen LogP contribution in [0.4, 0.5) is 11.8 Å². The Morgan fingerprint density at radius 3 is 2.76 bits per heavy atom. The van der Waals surface area contributed by atoms with Crippen molar-refractivity contribution in [3.05, 3.63) is 60.4 Å². The number of rotatable bonds is 5. The second-order valence-electron chi connectivity index (χ2n) is 8.35. The van der Waals surface area contributed by atoms with Crippen LogP contribution in [-0.2, 0) is 4.79 Å². The maximum atomic E-state index is 12.5. The van der Waals surface area contributed by atoms with E-state index in [0.29, 0.717) is 36.0 Å². The number of nitrogens with two attached hydrogens (primary N) is 1. The number of benzene rings is 1. The van der Waals surface area contributed by atoms with Gasteiger partial charge in [-0.05, 0) is 25.0 Å². The van der Waals surface area contributed by atoms with Crippen LogP contribution < -0.4 is 11.1 Å². The number of imidazole rings is 2. The quantitative estimate of drug-likeness (QED) is 0.421. The fourth-order valence-electron chi connectivity index (χ4n) is 4.51. The molecule has 10 heteroatoms. The summed E-state index contributed by atoms with van der Waals surface area (Å²) in [5, 5.41) is 2.71. The Balaban J connectivity index is 1.48. The number of H-pyrrole nitrogens is 1. The standard InChI is InChI=1S/C24H26N8O2/c1-2-18(33)31-12-3-4-17(14-31)22-29-19(20-21(25)26-11-13-32(20)22)15-5-7-16(8-6-15)23(34)30-24-27-9-10-28-24/h5-11,13,17H,2-4,12,14H2,1H3,(H2,25,26)(H2,27,28,30,34)/t17-/m1/s1. The number of piperidine rings is 1. The van der Waals surface area contributed by atoms with Gasteiger partial charge in [0.25, 0.3) is 5.91 Å². The van der Waals surface area contributed by atoms with Crippen LogP contribution in [0.25, 0.3) is 16.8 Å². The van der Waals surface area contributed by atoms with Gasteiger partial charge < -0.3 is 15.6 Å². The molecule has 0 bridgehead atoms. The third-order valence-corrected chi connectivity index (χ3v) is 6.20. The first kappa shape index (κ1) is 21.6. The summed E-state index contributed by atoms with van der Waals surface area (Å²) in [5.41, 5.74) is 9.03. The maximum Gasteiger partial charge on any atom is 0.257 e. The number of carbonyl (C=O) groups excluding carboxylic acids is 2. The van der Waals surface area contributed by atoms with Gasteiger partial charge in [-0.25, -0.2) is 15.0 Å². The third kappa shape index (κ3) is 3.98. The van der Waals surface area contributed by atoms with Crippen LogP contribution >= 0.6 is 0 Å². The molecular formula is C24H26N8O2. The van der Waals surface area contributed by atoms with Gasteiger partial charge in [-0.2, -0.15) is 0 Å². The van der Waals surface area contributed by atoms with Crippen molar-refractivity contribution in [1.82, 2.24) is 29.2 Å². The highest BCUT2D eigenvalue weighted by Crippen LogP contribution is 2.34. The van der Waals surface area contributed by atoms with E-state index in [0.717, 1.165) is 36.3 Å². The number of aromatic nitrogens is 5. The van der Waals surface area contributed by atoms with Gasteiger partial charge in [-0.1, -0.05) is 19.1 Å². The van der Waals surface area contributed by atoms with E-state index >= 15 is 0 Å². The molecule has 174 valence electrons. The second-order valence-corrected chi connectivity index (χ2v) is 8.35. The minimum absolute atomic E-state index is 0.102. The molecule has 0 spiro atoms. The third-order valence-electron chi connectivity index (χ3n) is 6.20. The molecule has 5 rings (SSSR count). The van der Waals surface area contributed by atoms with E-state index in [1.54, 1.807) is 30.7 Å². The average Bonchev–Trinajstić information content (AvgIpc) is 3.52. The van der Waals surface area contributed by atoms with E-state index in [1.807, 2.05) is 34.6 Å². The number of likely N-dealkylation sites (tertiary alicyclic amines) is 1. The Hall–Kier alpha value is -4.21. The van der Waals surface area contributed by atoms with Gasteiger partial charge in [0.15, 0.2) is 0 Å². The molecule has 3 aromatic heterocycles. The summed E-state index contributed by atoms with van der Waals surface area (Å²) in [4.78, 5) is 42.8. The predicted octanol–water partition coefficient (Wildman–Crippen LogP) is 3.07. The van der Waals surface area contributed by atoms with Crippen molar-refractivity contribution in [2.75, 3.05) is 24.1 Å². The predicted molar refractivity (Wildman–Crippen MR) is 128 cm³/mol. The van der Waals surface area contributed by atoms with Crippen molar-refractivity contribution in [3.63, 3.8) is 0 Å². The molecule has 1 aromatic carbocycles. The molecule has 4 heterocycles. The molecule has 0 unspecified atom stereocenters.